The number of amides is 2. The molecule has 0 aliphatic carbocycles. The molecule has 0 aromatic heterocycles. The average Bonchev–Trinajstić information content (AvgIpc) is 2.64. The molecular formula is C21H26ClN3O2. The zero-order chi connectivity index (χ0) is 19.6. The topological polar surface area (TPSA) is 61.4 Å². The highest BCUT2D eigenvalue weighted by molar-refractivity contribution is 6.30. The summed E-state index contributed by atoms with van der Waals surface area (Å²) >= 11 is 5.93. The first kappa shape index (κ1) is 20.8. The highest BCUT2D eigenvalue weighted by Crippen LogP contribution is 2.17. The number of halogens is 1. The van der Waals surface area contributed by atoms with E-state index in [1.807, 2.05) is 48.5 Å². The molecule has 0 atom stereocenters. The van der Waals surface area contributed by atoms with Crippen LogP contribution in [0.2, 0.25) is 5.02 Å². The van der Waals surface area contributed by atoms with Crippen LogP contribution in [0.15, 0.2) is 48.5 Å². The summed E-state index contributed by atoms with van der Waals surface area (Å²) in [4.78, 5) is 26.2. The summed E-state index contributed by atoms with van der Waals surface area (Å²) in [5.74, 6) is -0.625. The van der Waals surface area contributed by atoms with Crippen LogP contribution in [0.5, 0.6) is 0 Å². The molecule has 0 saturated heterocycles. The van der Waals surface area contributed by atoms with E-state index in [1.165, 1.54) is 0 Å². The maximum atomic E-state index is 12.0. The van der Waals surface area contributed by atoms with Crippen LogP contribution in [0.25, 0.3) is 0 Å². The van der Waals surface area contributed by atoms with Crippen LogP contribution in [0, 0.1) is 0 Å². The zero-order valence-corrected chi connectivity index (χ0v) is 16.6. The van der Waals surface area contributed by atoms with Crippen molar-refractivity contribution in [3.8, 4) is 0 Å². The minimum Gasteiger partial charge on any atom is -0.372 e. The Labute approximate surface area is 165 Å². The lowest BCUT2D eigenvalue weighted by atomic mass is 10.1. The van der Waals surface area contributed by atoms with Gasteiger partial charge in [0.1, 0.15) is 6.42 Å². The van der Waals surface area contributed by atoms with Gasteiger partial charge in [-0.05, 0) is 62.2 Å². The number of nitrogens with zero attached hydrogens (tertiary/aromatic N) is 1. The first-order valence-corrected chi connectivity index (χ1v) is 9.55. The number of hydrogen-bond donors (Lipinski definition) is 2. The molecule has 6 heteroatoms. The standard InChI is InChI=1S/C21H26ClN3O2/c1-3-25(4-2)19-10-8-18(9-11-19)24-21(27)15-20(26)23-13-12-16-6-5-7-17(22)14-16/h5-11,14H,3-4,12-13,15H2,1-2H3,(H,23,26)(H,24,27). The SMILES string of the molecule is CCN(CC)c1ccc(NC(=O)CC(=O)NCCc2cccc(Cl)c2)cc1. The average molecular weight is 388 g/mol. The van der Waals surface area contributed by atoms with Crippen molar-refractivity contribution in [2.45, 2.75) is 26.7 Å². The fraction of sp³-hybridized carbons (Fsp3) is 0.333. The summed E-state index contributed by atoms with van der Waals surface area (Å²) in [7, 11) is 0. The van der Waals surface area contributed by atoms with E-state index in [1.54, 1.807) is 0 Å². The van der Waals surface area contributed by atoms with Gasteiger partial charge in [0.05, 0.1) is 0 Å². The number of hydrogen-bond acceptors (Lipinski definition) is 3. The number of nitrogens with one attached hydrogen (secondary N) is 2. The zero-order valence-electron chi connectivity index (χ0n) is 15.8. The monoisotopic (exact) mass is 387 g/mol. The number of carbonyl (C=O) groups is 2. The Balaban J connectivity index is 1.75. The predicted octanol–water partition coefficient (Wildman–Crippen LogP) is 3.87. The van der Waals surface area contributed by atoms with E-state index in [0.717, 1.165) is 24.3 Å². The van der Waals surface area contributed by atoms with Crippen molar-refractivity contribution in [1.82, 2.24) is 5.32 Å². The van der Waals surface area contributed by atoms with Gasteiger partial charge < -0.3 is 15.5 Å². The van der Waals surface area contributed by atoms with E-state index >= 15 is 0 Å². The lowest BCUT2D eigenvalue weighted by molar-refractivity contribution is -0.126. The van der Waals surface area contributed by atoms with Gasteiger partial charge in [-0.1, -0.05) is 23.7 Å². The second-order valence-corrected chi connectivity index (χ2v) is 6.61. The van der Waals surface area contributed by atoms with Crippen LogP contribution < -0.4 is 15.5 Å². The van der Waals surface area contributed by atoms with E-state index in [9.17, 15) is 9.59 Å². The Morgan fingerprint density at radius 1 is 1.00 bits per heavy atom. The first-order chi connectivity index (χ1) is 13.0. The van der Waals surface area contributed by atoms with Crippen LogP contribution in [-0.2, 0) is 16.0 Å². The van der Waals surface area contributed by atoms with Gasteiger partial charge in [0.25, 0.3) is 0 Å². The van der Waals surface area contributed by atoms with Crippen LogP contribution in [0.4, 0.5) is 11.4 Å². The summed E-state index contributed by atoms with van der Waals surface area (Å²) in [5.41, 5.74) is 2.83. The van der Waals surface area contributed by atoms with Gasteiger partial charge in [0.2, 0.25) is 11.8 Å². The maximum Gasteiger partial charge on any atom is 0.233 e. The van der Waals surface area contributed by atoms with Crippen molar-refractivity contribution < 1.29 is 9.59 Å². The van der Waals surface area contributed by atoms with Crippen LogP contribution >= 0.6 is 11.6 Å². The van der Waals surface area contributed by atoms with Crippen LogP contribution in [0.1, 0.15) is 25.8 Å². The highest BCUT2D eigenvalue weighted by Gasteiger charge is 2.10. The fourth-order valence-electron chi connectivity index (χ4n) is 2.80. The van der Waals surface area contributed by atoms with Crippen molar-refractivity contribution in [1.29, 1.82) is 0 Å². The quantitative estimate of drug-likeness (QED) is 0.642. The summed E-state index contributed by atoms with van der Waals surface area (Å²) < 4.78 is 0. The number of benzene rings is 2. The van der Waals surface area contributed by atoms with Gasteiger partial charge in [0.15, 0.2) is 0 Å². The van der Waals surface area contributed by atoms with Crippen molar-refractivity contribution in [2.24, 2.45) is 0 Å². The summed E-state index contributed by atoms with van der Waals surface area (Å²) in [6.07, 6.45) is 0.466. The summed E-state index contributed by atoms with van der Waals surface area (Å²) in [6.45, 7) is 6.52. The number of carbonyl (C=O) groups excluding carboxylic acids is 2. The smallest absolute Gasteiger partial charge is 0.233 e. The van der Waals surface area contributed by atoms with Gasteiger partial charge >= 0.3 is 0 Å². The van der Waals surface area contributed by atoms with E-state index < -0.39 is 0 Å². The molecule has 0 heterocycles. The third-order valence-corrected chi connectivity index (χ3v) is 4.46. The molecule has 0 radical (unpaired) electrons. The lowest BCUT2D eigenvalue weighted by Gasteiger charge is -2.21. The first-order valence-electron chi connectivity index (χ1n) is 9.17. The Bertz CT molecular complexity index is 758. The second kappa shape index (κ2) is 10.6. The Morgan fingerprint density at radius 2 is 1.70 bits per heavy atom. The third-order valence-electron chi connectivity index (χ3n) is 4.23. The van der Waals surface area contributed by atoms with E-state index in [-0.39, 0.29) is 18.2 Å². The Hall–Kier alpha value is -2.53. The minimum absolute atomic E-state index is 0.201. The summed E-state index contributed by atoms with van der Waals surface area (Å²) in [5, 5.41) is 6.18. The predicted molar refractivity (Wildman–Crippen MR) is 111 cm³/mol. The molecule has 2 N–H and O–H groups in total. The molecule has 2 aromatic carbocycles. The molecule has 0 bridgehead atoms. The second-order valence-electron chi connectivity index (χ2n) is 6.17. The molecule has 5 nitrogen and oxygen atoms in total. The Kier molecular flexibility index (Phi) is 8.14. The molecule has 2 aromatic rings. The molecule has 0 unspecified atom stereocenters. The summed E-state index contributed by atoms with van der Waals surface area (Å²) in [6, 6.07) is 15.1. The van der Waals surface area contributed by atoms with E-state index in [2.05, 4.69) is 29.4 Å². The van der Waals surface area contributed by atoms with Crippen molar-refractivity contribution in [3.05, 3.63) is 59.1 Å². The van der Waals surface area contributed by atoms with Gasteiger partial charge in [0, 0.05) is 36.0 Å². The highest BCUT2D eigenvalue weighted by atomic mass is 35.5. The fourth-order valence-corrected chi connectivity index (χ4v) is 3.01. The van der Waals surface area contributed by atoms with Crippen LogP contribution in [0.3, 0.4) is 0 Å². The number of rotatable bonds is 9. The van der Waals surface area contributed by atoms with Crippen molar-refractivity contribution in [2.75, 3.05) is 29.9 Å². The van der Waals surface area contributed by atoms with Crippen molar-refractivity contribution >= 4 is 34.8 Å². The molecule has 0 aliphatic heterocycles. The largest absolute Gasteiger partial charge is 0.372 e. The molecule has 2 rings (SSSR count). The van der Waals surface area contributed by atoms with Gasteiger partial charge in [-0.25, -0.2) is 0 Å². The van der Waals surface area contributed by atoms with Crippen molar-refractivity contribution in [3.63, 3.8) is 0 Å². The van der Waals surface area contributed by atoms with Gasteiger partial charge in [-0.15, -0.1) is 0 Å². The van der Waals surface area contributed by atoms with Gasteiger partial charge in [-0.3, -0.25) is 9.59 Å². The molecule has 0 spiro atoms. The molecule has 0 saturated carbocycles. The minimum atomic E-state index is -0.328. The van der Waals surface area contributed by atoms with E-state index in [4.69, 9.17) is 11.6 Å². The maximum absolute atomic E-state index is 12.0. The molecule has 0 aliphatic rings. The number of anilines is 2. The molecule has 144 valence electrons. The normalized spacial score (nSPS) is 10.3. The van der Waals surface area contributed by atoms with Gasteiger partial charge in [-0.2, -0.15) is 0 Å². The molecule has 27 heavy (non-hydrogen) atoms. The Morgan fingerprint density at radius 3 is 2.33 bits per heavy atom. The molecular weight excluding hydrogens is 362 g/mol. The third kappa shape index (κ3) is 6.94. The van der Waals surface area contributed by atoms with Crippen LogP contribution in [-0.4, -0.2) is 31.4 Å². The lowest BCUT2D eigenvalue weighted by Crippen LogP contribution is -2.29. The molecule has 0 fully saturated rings. The molecule has 2 amide bonds. The van der Waals surface area contributed by atoms with E-state index in [0.29, 0.717) is 23.7 Å².